The zero-order chi connectivity index (χ0) is 17.9. The molecule has 0 bridgehead atoms. The van der Waals surface area contributed by atoms with Gasteiger partial charge in [0.1, 0.15) is 6.33 Å². The molecule has 0 aliphatic carbocycles. The molecule has 3 aromatic rings. The number of rotatable bonds is 5. The van der Waals surface area contributed by atoms with Crippen LogP contribution in [0.25, 0.3) is 5.82 Å². The van der Waals surface area contributed by atoms with Crippen molar-refractivity contribution in [1.82, 2.24) is 34.2 Å². The van der Waals surface area contributed by atoms with Crippen molar-refractivity contribution in [1.29, 1.82) is 0 Å². The molecule has 4 heterocycles. The lowest BCUT2D eigenvalue weighted by molar-refractivity contribution is 0.213. The first-order valence-corrected chi connectivity index (χ1v) is 8.78. The average Bonchev–Trinajstić information content (AvgIpc) is 3.31. The monoisotopic (exact) mass is 351 g/mol. The Morgan fingerprint density at radius 1 is 1.19 bits per heavy atom. The highest BCUT2D eigenvalue weighted by Gasteiger charge is 2.26. The SMILES string of the molecule is Cc1nccnc1CN1CCCC1Cn1nc(-n2ccnc2)ccc1=O. The minimum absolute atomic E-state index is 0.0867. The molecule has 1 unspecified atom stereocenters. The van der Waals surface area contributed by atoms with Gasteiger partial charge in [-0.3, -0.25) is 24.2 Å². The van der Waals surface area contributed by atoms with Crippen LogP contribution < -0.4 is 5.56 Å². The molecule has 134 valence electrons. The summed E-state index contributed by atoms with van der Waals surface area (Å²) in [4.78, 5) is 27.5. The summed E-state index contributed by atoms with van der Waals surface area (Å²) in [5.41, 5.74) is 1.86. The smallest absolute Gasteiger partial charge is 0.266 e. The molecule has 0 radical (unpaired) electrons. The van der Waals surface area contributed by atoms with Gasteiger partial charge >= 0.3 is 0 Å². The lowest BCUT2D eigenvalue weighted by Gasteiger charge is -2.24. The maximum atomic E-state index is 12.3. The second-order valence-electron chi connectivity index (χ2n) is 6.54. The molecule has 1 fully saturated rings. The van der Waals surface area contributed by atoms with Crippen molar-refractivity contribution < 1.29 is 0 Å². The topological polar surface area (TPSA) is 81.7 Å². The fourth-order valence-corrected chi connectivity index (χ4v) is 3.39. The van der Waals surface area contributed by atoms with Crippen molar-refractivity contribution in [2.24, 2.45) is 0 Å². The van der Waals surface area contributed by atoms with E-state index in [0.29, 0.717) is 12.4 Å². The van der Waals surface area contributed by atoms with E-state index >= 15 is 0 Å². The number of imidazole rings is 1. The molecule has 8 heteroatoms. The zero-order valence-corrected chi connectivity index (χ0v) is 14.7. The van der Waals surface area contributed by atoms with E-state index in [0.717, 1.165) is 37.3 Å². The Bertz CT molecular complexity index is 935. The highest BCUT2D eigenvalue weighted by Crippen LogP contribution is 2.21. The van der Waals surface area contributed by atoms with Crippen molar-refractivity contribution in [3.8, 4) is 5.82 Å². The summed E-state index contributed by atoms with van der Waals surface area (Å²) in [6, 6.07) is 3.55. The predicted octanol–water partition coefficient (Wildman–Crippen LogP) is 1.19. The molecule has 26 heavy (non-hydrogen) atoms. The normalized spacial score (nSPS) is 17.7. The van der Waals surface area contributed by atoms with E-state index in [1.54, 1.807) is 46.3 Å². The summed E-state index contributed by atoms with van der Waals surface area (Å²) in [5, 5.41) is 4.51. The number of aryl methyl sites for hydroxylation is 1. The molecule has 1 saturated heterocycles. The molecule has 3 aromatic heterocycles. The first-order chi connectivity index (χ1) is 12.7. The van der Waals surface area contributed by atoms with Gasteiger partial charge in [0, 0.05) is 43.4 Å². The first-order valence-electron chi connectivity index (χ1n) is 8.78. The van der Waals surface area contributed by atoms with Gasteiger partial charge in [-0.2, -0.15) is 5.10 Å². The van der Waals surface area contributed by atoms with Crippen LogP contribution in [0.3, 0.4) is 0 Å². The van der Waals surface area contributed by atoms with Gasteiger partial charge in [0.2, 0.25) is 0 Å². The van der Waals surface area contributed by atoms with Gasteiger partial charge in [-0.05, 0) is 32.4 Å². The summed E-state index contributed by atoms with van der Waals surface area (Å²) in [6.07, 6.45) is 10.8. The van der Waals surface area contributed by atoms with Crippen LogP contribution in [-0.4, -0.2) is 46.8 Å². The van der Waals surface area contributed by atoms with Crippen LogP contribution in [0.4, 0.5) is 0 Å². The van der Waals surface area contributed by atoms with Crippen LogP contribution >= 0.6 is 0 Å². The molecular formula is C18H21N7O. The van der Waals surface area contributed by atoms with E-state index in [2.05, 4.69) is 25.0 Å². The third-order valence-corrected chi connectivity index (χ3v) is 4.84. The second kappa shape index (κ2) is 7.17. The fraction of sp³-hybridized carbons (Fsp3) is 0.389. The molecule has 1 aliphatic heterocycles. The minimum Gasteiger partial charge on any atom is -0.293 e. The highest BCUT2D eigenvalue weighted by molar-refractivity contribution is 5.19. The summed E-state index contributed by atoms with van der Waals surface area (Å²) >= 11 is 0. The third-order valence-electron chi connectivity index (χ3n) is 4.84. The van der Waals surface area contributed by atoms with Gasteiger partial charge in [-0.1, -0.05) is 0 Å². The molecular weight excluding hydrogens is 330 g/mol. The molecule has 8 nitrogen and oxygen atoms in total. The van der Waals surface area contributed by atoms with Crippen LogP contribution in [0.5, 0.6) is 0 Å². The summed E-state index contributed by atoms with van der Waals surface area (Å²) in [7, 11) is 0. The van der Waals surface area contributed by atoms with Crippen molar-refractivity contribution in [2.45, 2.75) is 38.9 Å². The number of nitrogens with zero attached hydrogens (tertiary/aromatic N) is 7. The summed E-state index contributed by atoms with van der Waals surface area (Å²) in [5.74, 6) is 0.691. The van der Waals surface area contributed by atoms with Gasteiger partial charge in [0.05, 0.1) is 17.9 Å². The molecule has 0 amide bonds. The minimum atomic E-state index is -0.0867. The number of likely N-dealkylation sites (tertiary alicyclic amines) is 1. The standard InChI is InChI=1S/C18H21N7O/c1-14-16(21-7-6-20-14)12-23-9-2-3-15(23)11-25-18(26)5-4-17(22-25)24-10-8-19-13-24/h4-8,10,13,15H,2-3,9,11-12H2,1H3. The molecule has 0 saturated carbocycles. The third kappa shape index (κ3) is 3.41. The van der Waals surface area contributed by atoms with Crippen molar-refractivity contribution in [2.75, 3.05) is 6.54 Å². The Morgan fingerprint density at radius 3 is 2.88 bits per heavy atom. The second-order valence-corrected chi connectivity index (χ2v) is 6.54. The Balaban J connectivity index is 1.54. The van der Waals surface area contributed by atoms with Crippen LogP contribution in [0.2, 0.25) is 0 Å². The highest BCUT2D eigenvalue weighted by atomic mass is 16.1. The maximum Gasteiger partial charge on any atom is 0.266 e. The Hall–Kier alpha value is -2.87. The van der Waals surface area contributed by atoms with Gasteiger partial charge in [-0.15, -0.1) is 0 Å². The predicted molar refractivity (Wildman–Crippen MR) is 95.8 cm³/mol. The van der Waals surface area contributed by atoms with E-state index in [-0.39, 0.29) is 11.6 Å². The van der Waals surface area contributed by atoms with Crippen molar-refractivity contribution in [3.05, 3.63) is 65.0 Å². The summed E-state index contributed by atoms with van der Waals surface area (Å²) in [6.45, 7) is 4.30. The molecule has 0 aromatic carbocycles. The van der Waals surface area contributed by atoms with E-state index in [9.17, 15) is 4.79 Å². The van der Waals surface area contributed by atoms with Gasteiger partial charge in [0.15, 0.2) is 5.82 Å². The molecule has 1 aliphatic rings. The van der Waals surface area contributed by atoms with Crippen molar-refractivity contribution in [3.63, 3.8) is 0 Å². The number of aromatic nitrogens is 6. The Kier molecular flexibility index (Phi) is 4.57. The Labute approximate surface area is 151 Å². The van der Waals surface area contributed by atoms with Crippen LogP contribution in [0.15, 0.2) is 48.0 Å². The van der Waals surface area contributed by atoms with E-state index in [4.69, 9.17) is 0 Å². The zero-order valence-electron chi connectivity index (χ0n) is 14.7. The molecule has 4 rings (SSSR count). The average molecular weight is 351 g/mol. The lowest BCUT2D eigenvalue weighted by Crippen LogP contribution is -2.37. The quantitative estimate of drug-likeness (QED) is 0.687. The summed E-state index contributed by atoms with van der Waals surface area (Å²) < 4.78 is 3.35. The molecule has 0 N–H and O–H groups in total. The van der Waals surface area contributed by atoms with Crippen LogP contribution in [-0.2, 0) is 13.1 Å². The van der Waals surface area contributed by atoms with Gasteiger partial charge < -0.3 is 0 Å². The van der Waals surface area contributed by atoms with Crippen molar-refractivity contribution >= 4 is 0 Å². The molecule has 1 atom stereocenters. The van der Waals surface area contributed by atoms with Gasteiger partial charge in [-0.25, -0.2) is 9.67 Å². The van der Waals surface area contributed by atoms with Crippen LogP contribution in [0.1, 0.15) is 24.2 Å². The van der Waals surface area contributed by atoms with Gasteiger partial charge in [0.25, 0.3) is 5.56 Å². The van der Waals surface area contributed by atoms with E-state index in [1.165, 1.54) is 0 Å². The largest absolute Gasteiger partial charge is 0.293 e. The van der Waals surface area contributed by atoms with E-state index in [1.807, 2.05) is 13.1 Å². The molecule has 0 spiro atoms. The van der Waals surface area contributed by atoms with E-state index < -0.39 is 0 Å². The maximum absolute atomic E-state index is 12.3. The number of hydrogen-bond acceptors (Lipinski definition) is 6. The fourth-order valence-electron chi connectivity index (χ4n) is 3.39. The lowest BCUT2D eigenvalue weighted by atomic mass is 10.2. The first kappa shape index (κ1) is 16.6. The Morgan fingerprint density at radius 2 is 2.08 bits per heavy atom. The number of hydrogen-bond donors (Lipinski definition) is 0. The van der Waals surface area contributed by atoms with Crippen LogP contribution in [0, 0.1) is 6.92 Å².